The molecule has 0 bridgehead atoms. The van der Waals surface area contributed by atoms with E-state index in [-0.39, 0.29) is 12.0 Å². The summed E-state index contributed by atoms with van der Waals surface area (Å²) in [5.74, 6) is 0.302. The molecule has 1 aromatic carbocycles. The van der Waals surface area contributed by atoms with E-state index in [4.69, 9.17) is 4.74 Å². The van der Waals surface area contributed by atoms with Gasteiger partial charge in [0.25, 0.3) is 5.91 Å². The van der Waals surface area contributed by atoms with Gasteiger partial charge < -0.3 is 15.2 Å². The third-order valence-electron chi connectivity index (χ3n) is 4.50. The average molecular weight is 305 g/mol. The van der Waals surface area contributed by atoms with Crippen LogP contribution >= 0.6 is 0 Å². The molecule has 3 atom stereocenters. The number of aliphatic hydroxyl groups excluding tert-OH is 1. The monoisotopic (exact) mass is 305 g/mol. The smallest absolute Gasteiger partial charge is 0.253 e. The molecule has 122 valence electrons. The number of hydrogen-bond donors (Lipinski definition) is 2. The van der Waals surface area contributed by atoms with Crippen molar-refractivity contribution in [1.29, 1.82) is 0 Å². The Morgan fingerprint density at radius 2 is 2.05 bits per heavy atom. The Labute approximate surface area is 132 Å². The van der Waals surface area contributed by atoms with Gasteiger partial charge in [-0.15, -0.1) is 0 Å². The highest BCUT2D eigenvalue weighted by Crippen LogP contribution is 2.27. The molecular formula is C18H27NO3. The molecular weight excluding hydrogens is 278 g/mol. The van der Waals surface area contributed by atoms with Gasteiger partial charge in [-0.25, -0.2) is 0 Å². The van der Waals surface area contributed by atoms with Crippen LogP contribution in [0.1, 0.15) is 50.2 Å². The average Bonchev–Trinajstić information content (AvgIpc) is 2.55. The van der Waals surface area contributed by atoms with Gasteiger partial charge in [0.05, 0.1) is 6.10 Å². The highest BCUT2D eigenvalue weighted by molar-refractivity contribution is 5.82. The van der Waals surface area contributed by atoms with E-state index < -0.39 is 6.10 Å². The van der Waals surface area contributed by atoms with E-state index >= 15 is 0 Å². The molecule has 0 radical (unpaired) electrons. The van der Waals surface area contributed by atoms with Crippen LogP contribution in [0.25, 0.3) is 0 Å². The minimum absolute atomic E-state index is 0.0992. The second kappa shape index (κ2) is 8.91. The van der Waals surface area contributed by atoms with Crippen LogP contribution in [0.2, 0.25) is 0 Å². The molecule has 3 unspecified atom stereocenters. The number of aliphatic hydroxyl groups is 1. The lowest BCUT2D eigenvalue weighted by Crippen LogP contribution is -2.32. The van der Waals surface area contributed by atoms with Crippen LogP contribution in [0.5, 0.6) is 0 Å². The molecule has 2 N–H and O–H groups in total. The molecule has 2 rings (SSSR count). The molecule has 0 aromatic heterocycles. The van der Waals surface area contributed by atoms with Crippen LogP contribution in [-0.4, -0.2) is 30.8 Å². The van der Waals surface area contributed by atoms with Gasteiger partial charge in [-0.1, -0.05) is 43.2 Å². The van der Waals surface area contributed by atoms with E-state index in [1.165, 1.54) is 6.42 Å². The van der Waals surface area contributed by atoms with E-state index in [0.29, 0.717) is 12.5 Å². The summed E-state index contributed by atoms with van der Waals surface area (Å²) in [4.78, 5) is 12.2. The van der Waals surface area contributed by atoms with Gasteiger partial charge in [0.15, 0.2) is 6.10 Å². The summed E-state index contributed by atoms with van der Waals surface area (Å²) in [6, 6.07) is 9.51. The first-order valence-electron chi connectivity index (χ1n) is 8.26. The fourth-order valence-electron chi connectivity index (χ4n) is 3.22. The molecule has 0 aliphatic heterocycles. The van der Waals surface area contributed by atoms with Gasteiger partial charge >= 0.3 is 0 Å². The number of carbonyl (C=O) groups excluding carboxylic acids is 1. The van der Waals surface area contributed by atoms with Gasteiger partial charge in [-0.2, -0.15) is 0 Å². The standard InChI is InChI=1S/C18H27NO3/c1-22-17(15-9-3-2-4-10-15)18(21)19-13-7-11-14-8-5-6-12-16(14)20/h2-4,9-10,14,16-17,20H,5-8,11-13H2,1H3,(H,19,21). The normalized spacial score (nSPS) is 23.0. The van der Waals surface area contributed by atoms with Gasteiger partial charge in [-0.05, 0) is 37.2 Å². The van der Waals surface area contributed by atoms with Crippen molar-refractivity contribution in [3.8, 4) is 0 Å². The van der Waals surface area contributed by atoms with Crippen LogP contribution < -0.4 is 5.32 Å². The second-order valence-electron chi connectivity index (χ2n) is 6.07. The molecule has 1 saturated carbocycles. The van der Waals surface area contributed by atoms with Crippen molar-refractivity contribution in [2.75, 3.05) is 13.7 Å². The van der Waals surface area contributed by atoms with Crippen molar-refractivity contribution < 1.29 is 14.6 Å². The lowest BCUT2D eigenvalue weighted by atomic mass is 9.83. The van der Waals surface area contributed by atoms with E-state index in [0.717, 1.165) is 37.7 Å². The van der Waals surface area contributed by atoms with Crippen LogP contribution in [0.4, 0.5) is 0 Å². The van der Waals surface area contributed by atoms with Crippen molar-refractivity contribution in [3.05, 3.63) is 35.9 Å². The highest BCUT2D eigenvalue weighted by atomic mass is 16.5. The number of benzene rings is 1. The molecule has 1 aliphatic carbocycles. The molecule has 1 aliphatic rings. The second-order valence-corrected chi connectivity index (χ2v) is 6.07. The first-order valence-corrected chi connectivity index (χ1v) is 8.26. The van der Waals surface area contributed by atoms with Crippen LogP contribution in [0, 0.1) is 5.92 Å². The third kappa shape index (κ3) is 4.82. The van der Waals surface area contributed by atoms with Crippen molar-refractivity contribution >= 4 is 5.91 Å². The molecule has 0 spiro atoms. The first kappa shape index (κ1) is 17.0. The van der Waals surface area contributed by atoms with Crippen molar-refractivity contribution in [3.63, 3.8) is 0 Å². The van der Waals surface area contributed by atoms with Gasteiger partial charge in [-0.3, -0.25) is 4.79 Å². The summed E-state index contributed by atoms with van der Waals surface area (Å²) in [6.07, 6.45) is 5.57. The summed E-state index contributed by atoms with van der Waals surface area (Å²) in [6.45, 7) is 0.634. The Morgan fingerprint density at radius 3 is 2.73 bits per heavy atom. The van der Waals surface area contributed by atoms with E-state index in [1.54, 1.807) is 7.11 Å². The van der Waals surface area contributed by atoms with Gasteiger partial charge in [0.2, 0.25) is 0 Å². The molecule has 1 amide bonds. The molecule has 1 fully saturated rings. The molecule has 1 aromatic rings. The molecule has 0 heterocycles. The maximum Gasteiger partial charge on any atom is 0.253 e. The maximum atomic E-state index is 12.2. The number of amides is 1. The number of nitrogens with one attached hydrogen (secondary N) is 1. The Bertz CT molecular complexity index is 449. The van der Waals surface area contributed by atoms with Crippen molar-refractivity contribution in [2.45, 2.75) is 50.7 Å². The SMILES string of the molecule is COC(C(=O)NCCCC1CCCCC1O)c1ccccc1. The Balaban J connectivity index is 1.72. The molecule has 4 heteroatoms. The Hall–Kier alpha value is -1.39. The minimum Gasteiger partial charge on any atom is -0.393 e. The van der Waals surface area contributed by atoms with Crippen molar-refractivity contribution in [1.82, 2.24) is 5.32 Å². The predicted octanol–water partition coefficient (Wildman–Crippen LogP) is 2.82. The number of rotatable bonds is 7. The first-order chi connectivity index (χ1) is 10.7. The molecule has 4 nitrogen and oxygen atoms in total. The topological polar surface area (TPSA) is 58.6 Å². The largest absolute Gasteiger partial charge is 0.393 e. The van der Waals surface area contributed by atoms with E-state index in [9.17, 15) is 9.90 Å². The lowest BCUT2D eigenvalue weighted by molar-refractivity contribution is -0.131. The summed E-state index contributed by atoms with van der Waals surface area (Å²) < 4.78 is 5.31. The summed E-state index contributed by atoms with van der Waals surface area (Å²) in [5, 5.41) is 12.9. The molecule has 22 heavy (non-hydrogen) atoms. The number of carbonyl (C=O) groups is 1. The van der Waals surface area contributed by atoms with Crippen LogP contribution in [0.3, 0.4) is 0 Å². The molecule has 0 saturated heterocycles. The zero-order valence-electron chi connectivity index (χ0n) is 13.3. The third-order valence-corrected chi connectivity index (χ3v) is 4.50. The van der Waals surface area contributed by atoms with E-state index in [2.05, 4.69) is 5.32 Å². The minimum atomic E-state index is -0.554. The maximum absolute atomic E-state index is 12.2. The summed E-state index contributed by atoms with van der Waals surface area (Å²) in [5.41, 5.74) is 0.866. The van der Waals surface area contributed by atoms with Crippen molar-refractivity contribution in [2.24, 2.45) is 5.92 Å². The lowest BCUT2D eigenvalue weighted by Gasteiger charge is -2.27. The van der Waals surface area contributed by atoms with Crippen LogP contribution in [-0.2, 0) is 9.53 Å². The van der Waals surface area contributed by atoms with Gasteiger partial charge in [0.1, 0.15) is 0 Å². The summed E-state index contributed by atoms with van der Waals surface area (Å²) in [7, 11) is 1.55. The zero-order valence-corrected chi connectivity index (χ0v) is 13.3. The fourth-order valence-corrected chi connectivity index (χ4v) is 3.22. The van der Waals surface area contributed by atoms with E-state index in [1.807, 2.05) is 30.3 Å². The number of hydrogen-bond acceptors (Lipinski definition) is 3. The summed E-state index contributed by atoms with van der Waals surface area (Å²) >= 11 is 0. The quantitative estimate of drug-likeness (QED) is 0.762. The number of methoxy groups -OCH3 is 1. The predicted molar refractivity (Wildman–Crippen MR) is 86.4 cm³/mol. The Morgan fingerprint density at radius 1 is 1.32 bits per heavy atom. The zero-order chi connectivity index (χ0) is 15.8. The van der Waals surface area contributed by atoms with Crippen LogP contribution in [0.15, 0.2) is 30.3 Å². The Kier molecular flexibility index (Phi) is 6.87. The van der Waals surface area contributed by atoms with Gasteiger partial charge in [0, 0.05) is 13.7 Å². The number of ether oxygens (including phenoxy) is 1. The highest BCUT2D eigenvalue weighted by Gasteiger charge is 2.23. The fraction of sp³-hybridized carbons (Fsp3) is 0.611.